The van der Waals surface area contributed by atoms with E-state index in [1.54, 1.807) is 0 Å². The highest BCUT2D eigenvalue weighted by molar-refractivity contribution is 5.72. The molecule has 0 fully saturated rings. The van der Waals surface area contributed by atoms with Crippen LogP contribution in [0.4, 0.5) is 0 Å². The van der Waals surface area contributed by atoms with Gasteiger partial charge in [0.05, 0.1) is 7.11 Å². The first kappa shape index (κ1) is 13.9. The highest BCUT2D eigenvalue weighted by atomic mass is 16.5. The quantitative estimate of drug-likeness (QED) is 0.662. The summed E-state index contributed by atoms with van der Waals surface area (Å²) in [5.74, 6) is -1.06. The average Bonchev–Trinajstić information content (AvgIpc) is 2.16. The van der Waals surface area contributed by atoms with E-state index in [1.165, 1.54) is 7.11 Å². The number of aliphatic carboxylic acids is 1. The van der Waals surface area contributed by atoms with Crippen molar-refractivity contribution in [2.75, 3.05) is 7.11 Å². The van der Waals surface area contributed by atoms with Crippen molar-refractivity contribution < 1.29 is 19.4 Å². The summed E-state index contributed by atoms with van der Waals surface area (Å²) in [6, 6.07) is 0. The Bertz CT molecular complexity index is 213. The van der Waals surface area contributed by atoms with Crippen LogP contribution in [0.25, 0.3) is 0 Å². The van der Waals surface area contributed by atoms with Crippen LogP contribution in [0.15, 0.2) is 0 Å². The van der Waals surface area contributed by atoms with Gasteiger partial charge < -0.3 is 9.84 Å². The number of esters is 1. The Balaban J connectivity index is 4.28. The van der Waals surface area contributed by atoms with Gasteiger partial charge in [-0.05, 0) is 11.8 Å². The Morgan fingerprint density at radius 2 is 1.93 bits per heavy atom. The molecule has 0 aliphatic rings. The number of ether oxygens (including phenoxy) is 1. The zero-order chi connectivity index (χ0) is 11.8. The number of carboxylic acid groups (broad SMARTS) is 1. The molecule has 0 heterocycles. The highest BCUT2D eigenvalue weighted by Gasteiger charge is 2.23. The molecule has 0 rings (SSSR count). The van der Waals surface area contributed by atoms with Gasteiger partial charge in [0.15, 0.2) is 0 Å². The van der Waals surface area contributed by atoms with Gasteiger partial charge in [0.1, 0.15) is 0 Å². The number of hydrogen-bond acceptors (Lipinski definition) is 3. The largest absolute Gasteiger partial charge is 0.481 e. The topological polar surface area (TPSA) is 63.6 Å². The Labute approximate surface area is 90.6 Å². The number of rotatable bonds is 7. The molecule has 0 spiro atoms. The van der Waals surface area contributed by atoms with Crippen molar-refractivity contribution in [3.63, 3.8) is 0 Å². The molecule has 0 saturated heterocycles. The molecule has 0 saturated carbocycles. The Morgan fingerprint density at radius 1 is 1.33 bits per heavy atom. The summed E-state index contributed by atoms with van der Waals surface area (Å²) in [6.45, 7) is 4.03. The van der Waals surface area contributed by atoms with Gasteiger partial charge in [0.2, 0.25) is 0 Å². The Kier molecular flexibility index (Phi) is 6.75. The third-order valence-corrected chi connectivity index (χ3v) is 2.64. The number of carbonyl (C=O) groups excluding carboxylic acids is 1. The molecule has 2 atom stereocenters. The molecule has 2 unspecified atom stereocenters. The van der Waals surface area contributed by atoms with E-state index in [-0.39, 0.29) is 30.6 Å². The van der Waals surface area contributed by atoms with Crippen LogP contribution in [0.3, 0.4) is 0 Å². The van der Waals surface area contributed by atoms with Gasteiger partial charge in [0, 0.05) is 12.8 Å². The number of methoxy groups -OCH3 is 1. The van der Waals surface area contributed by atoms with Crippen LogP contribution in [-0.4, -0.2) is 24.2 Å². The molecule has 0 aliphatic heterocycles. The third kappa shape index (κ3) is 6.10. The molecule has 88 valence electrons. The van der Waals surface area contributed by atoms with Gasteiger partial charge in [-0.1, -0.05) is 26.7 Å². The van der Waals surface area contributed by atoms with E-state index in [1.807, 2.05) is 13.8 Å². The number of carboxylic acids is 1. The average molecular weight is 216 g/mol. The van der Waals surface area contributed by atoms with Crippen molar-refractivity contribution in [2.45, 2.75) is 39.5 Å². The lowest BCUT2D eigenvalue weighted by Crippen LogP contribution is -2.20. The molecule has 0 aromatic rings. The van der Waals surface area contributed by atoms with Gasteiger partial charge in [0.25, 0.3) is 0 Å². The minimum absolute atomic E-state index is 0.0380. The normalized spacial score (nSPS) is 14.3. The second-order valence-corrected chi connectivity index (χ2v) is 3.90. The van der Waals surface area contributed by atoms with Crippen LogP contribution in [0.1, 0.15) is 39.5 Å². The lowest BCUT2D eigenvalue weighted by Gasteiger charge is -2.20. The molecule has 0 aliphatic carbocycles. The molecule has 0 amide bonds. The predicted octanol–water partition coefficient (Wildman–Crippen LogP) is 2.08. The third-order valence-electron chi connectivity index (χ3n) is 2.64. The van der Waals surface area contributed by atoms with E-state index in [2.05, 4.69) is 4.74 Å². The fourth-order valence-electron chi connectivity index (χ4n) is 1.69. The molecular formula is C11H20O4. The standard InChI is InChI=1S/C11H20O4/c1-4-5-8(2)9(6-10(12)13)7-11(14)15-3/h8-9H,4-7H2,1-3H3,(H,12,13). The van der Waals surface area contributed by atoms with E-state index in [4.69, 9.17) is 5.11 Å². The first-order valence-electron chi connectivity index (χ1n) is 5.29. The maximum atomic E-state index is 11.1. The Hall–Kier alpha value is -1.06. The summed E-state index contributed by atoms with van der Waals surface area (Å²) in [4.78, 5) is 21.7. The molecule has 4 nitrogen and oxygen atoms in total. The summed E-state index contributed by atoms with van der Waals surface area (Å²) in [6.07, 6.45) is 2.17. The van der Waals surface area contributed by atoms with E-state index >= 15 is 0 Å². The van der Waals surface area contributed by atoms with Gasteiger partial charge >= 0.3 is 11.9 Å². The van der Waals surface area contributed by atoms with Crippen LogP contribution in [0.2, 0.25) is 0 Å². The van der Waals surface area contributed by atoms with Crippen LogP contribution in [0.5, 0.6) is 0 Å². The minimum atomic E-state index is -0.855. The molecule has 0 aromatic heterocycles. The maximum Gasteiger partial charge on any atom is 0.305 e. The molecule has 15 heavy (non-hydrogen) atoms. The molecule has 4 heteroatoms. The minimum Gasteiger partial charge on any atom is -0.481 e. The van der Waals surface area contributed by atoms with Crippen molar-refractivity contribution in [2.24, 2.45) is 11.8 Å². The van der Waals surface area contributed by atoms with Gasteiger partial charge in [-0.2, -0.15) is 0 Å². The fraction of sp³-hybridized carbons (Fsp3) is 0.818. The molecule has 0 radical (unpaired) electrons. The zero-order valence-corrected chi connectivity index (χ0v) is 9.66. The number of hydrogen-bond donors (Lipinski definition) is 1. The van der Waals surface area contributed by atoms with E-state index in [0.29, 0.717) is 0 Å². The van der Waals surface area contributed by atoms with Crippen molar-refractivity contribution in [3.8, 4) is 0 Å². The molecule has 0 aromatic carbocycles. The van der Waals surface area contributed by atoms with E-state index < -0.39 is 5.97 Å². The van der Waals surface area contributed by atoms with Gasteiger partial charge in [-0.25, -0.2) is 0 Å². The van der Waals surface area contributed by atoms with Crippen LogP contribution >= 0.6 is 0 Å². The smallest absolute Gasteiger partial charge is 0.305 e. The fourth-order valence-corrected chi connectivity index (χ4v) is 1.69. The predicted molar refractivity (Wildman–Crippen MR) is 56.4 cm³/mol. The van der Waals surface area contributed by atoms with E-state index in [0.717, 1.165) is 12.8 Å². The Morgan fingerprint density at radius 3 is 2.33 bits per heavy atom. The SMILES string of the molecule is CCCC(C)C(CC(=O)O)CC(=O)OC. The zero-order valence-electron chi connectivity index (χ0n) is 9.66. The summed E-state index contributed by atoms with van der Waals surface area (Å²) >= 11 is 0. The lowest BCUT2D eigenvalue weighted by atomic mass is 9.85. The van der Waals surface area contributed by atoms with Crippen molar-refractivity contribution in [1.29, 1.82) is 0 Å². The second kappa shape index (κ2) is 7.26. The van der Waals surface area contributed by atoms with Crippen LogP contribution < -0.4 is 0 Å². The van der Waals surface area contributed by atoms with Crippen molar-refractivity contribution in [3.05, 3.63) is 0 Å². The monoisotopic (exact) mass is 216 g/mol. The summed E-state index contributed by atoms with van der Waals surface area (Å²) in [7, 11) is 1.32. The highest BCUT2D eigenvalue weighted by Crippen LogP contribution is 2.24. The van der Waals surface area contributed by atoms with Gasteiger partial charge in [-0.15, -0.1) is 0 Å². The molecule has 0 bridgehead atoms. The van der Waals surface area contributed by atoms with Crippen molar-refractivity contribution in [1.82, 2.24) is 0 Å². The van der Waals surface area contributed by atoms with Crippen LogP contribution in [0, 0.1) is 11.8 Å². The summed E-state index contributed by atoms with van der Waals surface area (Å²) in [5.41, 5.74) is 0. The summed E-state index contributed by atoms with van der Waals surface area (Å²) in [5, 5.41) is 8.73. The van der Waals surface area contributed by atoms with E-state index in [9.17, 15) is 9.59 Å². The second-order valence-electron chi connectivity index (χ2n) is 3.90. The van der Waals surface area contributed by atoms with Gasteiger partial charge in [-0.3, -0.25) is 9.59 Å². The maximum absolute atomic E-state index is 11.1. The lowest BCUT2D eigenvalue weighted by molar-refractivity contribution is -0.143. The van der Waals surface area contributed by atoms with Crippen LogP contribution in [-0.2, 0) is 14.3 Å². The molecular weight excluding hydrogens is 196 g/mol. The van der Waals surface area contributed by atoms with Crippen molar-refractivity contribution >= 4 is 11.9 Å². The first-order valence-corrected chi connectivity index (χ1v) is 5.29. The first-order chi connectivity index (χ1) is 7.01. The number of carbonyl (C=O) groups is 2. The summed E-state index contributed by atoms with van der Waals surface area (Å²) < 4.78 is 4.56. The molecule has 1 N–H and O–H groups in total.